The van der Waals surface area contributed by atoms with E-state index in [-0.39, 0.29) is 6.04 Å². The van der Waals surface area contributed by atoms with Crippen molar-refractivity contribution in [3.05, 3.63) is 51.3 Å². The first-order valence-electron chi connectivity index (χ1n) is 6.28. The quantitative estimate of drug-likeness (QED) is 0.803. The van der Waals surface area contributed by atoms with Gasteiger partial charge in [-0.15, -0.1) is 16.4 Å². The van der Waals surface area contributed by atoms with Crippen LogP contribution in [0.5, 0.6) is 0 Å². The predicted octanol–water partition coefficient (Wildman–Crippen LogP) is 3.21. The number of nitrogens with zero attached hydrogens (tertiary/aromatic N) is 3. The Morgan fingerprint density at radius 2 is 2.05 bits per heavy atom. The summed E-state index contributed by atoms with van der Waals surface area (Å²) in [5.74, 6) is 0. The number of aromatic nitrogens is 3. The summed E-state index contributed by atoms with van der Waals surface area (Å²) in [5.41, 5.74) is 9.29. The Balaban J connectivity index is 1.76. The lowest BCUT2D eigenvalue weighted by molar-refractivity contribution is 0.724. The van der Waals surface area contributed by atoms with Crippen molar-refractivity contribution < 1.29 is 0 Å². The number of rotatable bonds is 4. The number of hydrogen-bond donors (Lipinski definition) is 1. The fourth-order valence-electron chi connectivity index (χ4n) is 2.00. The number of thiazole rings is 1. The van der Waals surface area contributed by atoms with Gasteiger partial charge in [0.05, 0.1) is 21.3 Å². The van der Waals surface area contributed by atoms with E-state index in [1.54, 1.807) is 11.3 Å². The zero-order chi connectivity index (χ0) is 13.9. The Bertz CT molecular complexity index is 690. The maximum absolute atomic E-state index is 6.22. The maximum atomic E-state index is 6.22. The molecule has 0 spiro atoms. The molecule has 6 heteroatoms. The molecule has 0 aliphatic carbocycles. The fourth-order valence-corrected chi connectivity index (χ4v) is 3.51. The van der Waals surface area contributed by atoms with E-state index in [0.29, 0.717) is 0 Å². The number of hydrogen-bond acceptors (Lipinski definition) is 6. The summed E-state index contributed by atoms with van der Waals surface area (Å²) in [6.07, 6.45) is 0.724. The summed E-state index contributed by atoms with van der Waals surface area (Å²) in [6.45, 7) is 1.94. The van der Waals surface area contributed by atoms with Crippen LogP contribution in [0, 0.1) is 6.92 Å². The van der Waals surface area contributed by atoms with E-state index in [2.05, 4.69) is 32.1 Å². The van der Waals surface area contributed by atoms with Gasteiger partial charge in [0.2, 0.25) is 0 Å². The second kappa shape index (κ2) is 5.78. The van der Waals surface area contributed by atoms with Crippen molar-refractivity contribution in [3.63, 3.8) is 0 Å². The minimum atomic E-state index is -0.0789. The third kappa shape index (κ3) is 2.77. The molecule has 0 radical (unpaired) electrons. The summed E-state index contributed by atoms with van der Waals surface area (Å²) in [4.78, 5) is 5.71. The van der Waals surface area contributed by atoms with Crippen LogP contribution in [0.25, 0.3) is 11.3 Å². The molecular weight excluding hydrogens is 288 g/mol. The van der Waals surface area contributed by atoms with E-state index in [4.69, 9.17) is 5.73 Å². The van der Waals surface area contributed by atoms with Crippen LogP contribution in [-0.2, 0) is 6.42 Å². The van der Waals surface area contributed by atoms with Gasteiger partial charge in [0.1, 0.15) is 0 Å². The van der Waals surface area contributed by atoms with Gasteiger partial charge in [-0.3, -0.25) is 0 Å². The first kappa shape index (κ1) is 13.4. The molecule has 0 fully saturated rings. The first-order chi connectivity index (χ1) is 9.74. The molecule has 0 aliphatic heterocycles. The Labute approximate surface area is 125 Å². The van der Waals surface area contributed by atoms with Crippen molar-refractivity contribution in [2.75, 3.05) is 0 Å². The van der Waals surface area contributed by atoms with Gasteiger partial charge in [-0.2, -0.15) is 0 Å². The molecule has 102 valence electrons. The molecule has 3 aromatic rings. The van der Waals surface area contributed by atoms with Crippen LogP contribution in [0.3, 0.4) is 0 Å². The first-order valence-corrected chi connectivity index (χ1v) is 7.93. The van der Waals surface area contributed by atoms with Gasteiger partial charge in [-0.05, 0) is 18.5 Å². The van der Waals surface area contributed by atoms with Crippen molar-refractivity contribution >= 4 is 22.9 Å². The molecule has 2 heterocycles. The molecular formula is C14H14N4S2. The molecule has 2 aromatic heterocycles. The second-order valence-corrected chi connectivity index (χ2v) is 6.25. The van der Waals surface area contributed by atoms with Crippen LogP contribution in [0.15, 0.2) is 35.7 Å². The van der Waals surface area contributed by atoms with Crippen molar-refractivity contribution in [2.24, 2.45) is 5.73 Å². The fraction of sp³-hybridized carbons (Fsp3) is 0.214. The maximum Gasteiger partial charge on any atom is 0.0951 e. The van der Waals surface area contributed by atoms with E-state index in [1.807, 2.05) is 25.1 Å². The second-order valence-electron chi connectivity index (χ2n) is 4.53. The Kier molecular flexibility index (Phi) is 3.86. The molecule has 0 bridgehead atoms. The van der Waals surface area contributed by atoms with Crippen LogP contribution >= 0.6 is 22.9 Å². The van der Waals surface area contributed by atoms with E-state index in [0.717, 1.165) is 33.3 Å². The standard InChI is InChI=1S/C14H14N4S2/c1-9-14(20-18-17-9)11(15)7-13-16-12(8-19-13)10-5-3-2-4-6-10/h2-6,8,11H,7,15H2,1H3. The van der Waals surface area contributed by atoms with Gasteiger partial charge in [-0.1, -0.05) is 34.8 Å². The highest BCUT2D eigenvalue weighted by Crippen LogP contribution is 2.26. The van der Waals surface area contributed by atoms with Gasteiger partial charge < -0.3 is 5.73 Å². The minimum absolute atomic E-state index is 0.0789. The van der Waals surface area contributed by atoms with Crippen LogP contribution in [-0.4, -0.2) is 14.6 Å². The lowest BCUT2D eigenvalue weighted by Crippen LogP contribution is -2.12. The summed E-state index contributed by atoms with van der Waals surface area (Å²) in [7, 11) is 0. The lowest BCUT2D eigenvalue weighted by atomic mass is 10.1. The smallest absolute Gasteiger partial charge is 0.0951 e. The van der Waals surface area contributed by atoms with E-state index >= 15 is 0 Å². The highest BCUT2D eigenvalue weighted by Gasteiger charge is 2.15. The zero-order valence-electron chi connectivity index (χ0n) is 11.0. The molecule has 1 unspecified atom stereocenters. The normalized spacial score (nSPS) is 12.5. The molecule has 0 saturated heterocycles. The van der Waals surface area contributed by atoms with E-state index < -0.39 is 0 Å². The number of aryl methyl sites for hydroxylation is 1. The van der Waals surface area contributed by atoms with Crippen molar-refractivity contribution in [1.82, 2.24) is 14.6 Å². The Morgan fingerprint density at radius 1 is 1.25 bits per heavy atom. The van der Waals surface area contributed by atoms with Gasteiger partial charge in [0.25, 0.3) is 0 Å². The lowest BCUT2D eigenvalue weighted by Gasteiger charge is -2.06. The van der Waals surface area contributed by atoms with E-state index in [1.165, 1.54) is 11.5 Å². The van der Waals surface area contributed by atoms with Gasteiger partial charge in [0, 0.05) is 23.4 Å². The average Bonchev–Trinajstić information content (AvgIpc) is 3.09. The molecule has 20 heavy (non-hydrogen) atoms. The summed E-state index contributed by atoms with van der Waals surface area (Å²) >= 11 is 3.02. The Hall–Kier alpha value is -1.63. The summed E-state index contributed by atoms with van der Waals surface area (Å²) < 4.78 is 3.93. The van der Waals surface area contributed by atoms with Crippen molar-refractivity contribution in [3.8, 4) is 11.3 Å². The molecule has 0 saturated carbocycles. The average molecular weight is 302 g/mol. The summed E-state index contributed by atoms with van der Waals surface area (Å²) in [6, 6.07) is 10.1. The summed E-state index contributed by atoms with van der Waals surface area (Å²) in [5, 5.41) is 7.13. The Morgan fingerprint density at radius 3 is 2.75 bits per heavy atom. The minimum Gasteiger partial charge on any atom is -0.323 e. The van der Waals surface area contributed by atoms with Gasteiger partial charge in [-0.25, -0.2) is 4.98 Å². The molecule has 1 aromatic carbocycles. The monoisotopic (exact) mass is 302 g/mol. The van der Waals surface area contributed by atoms with Crippen molar-refractivity contribution in [1.29, 1.82) is 0 Å². The third-order valence-electron chi connectivity index (χ3n) is 3.04. The van der Waals surface area contributed by atoms with E-state index in [9.17, 15) is 0 Å². The SMILES string of the molecule is Cc1nnsc1C(N)Cc1nc(-c2ccccc2)cs1. The third-order valence-corrected chi connectivity index (χ3v) is 4.87. The van der Waals surface area contributed by atoms with Crippen LogP contribution in [0.2, 0.25) is 0 Å². The van der Waals surface area contributed by atoms with Crippen LogP contribution in [0.1, 0.15) is 21.6 Å². The largest absolute Gasteiger partial charge is 0.323 e. The molecule has 0 amide bonds. The molecule has 4 nitrogen and oxygen atoms in total. The zero-order valence-corrected chi connectivity index (χ0v) is 12.6. The van der Waals surface area contributed by atoms with Crippen molar-refractivity contribution in [2.45, 2.75) is 19.4 Å². The topological polar surface area (TPSA) is 64.7 Å². The molecule has 3 rings (SSSR count). The van der Waals surface area contributed by atoms with Crippen LogP contribution in [0.4, 0.5) is 0 Å². The predicted molar refractivity (Wildman–Crippen MR) is 82.8 cm³/mol. The van der Waals surface area contributed by atoms with Gasteiger partial charge in [0.15, 0.2) is 0 Å². The molecule has 2 N–H and O–H groups in total. The highest BCUT2D eigenvalue weighted by atomic mass is 32.1. The number of benzene rings is 1. The highest BCUT2D eigenvalue weighted by molar-refractivity contribution is 7.10. The number of nitrogens with two attached hydrogens (primary N) is 1. The van der Waals surface area contributed by atoms with Gasteiger partial charge >= 0.3 is 0 Å². The van der Waals surface area contributed by atoms with Crippen LogP contribution < -0.4 is 5.73 Å². The molecule has 1 atom stereocenters. The molecule has 0 aliphatic rings.